The van der Waals surface area contributed by atoms with Crippen LogP contribution in [-0.2, 0) is 0 Å². The maximum absolute atomic E-state index is 5.19. The first-order valence-electron chi connectivity index (χ1n) is 18.1. The number of nitrogens with zero attached hydrogens (tertiary/aromatic N) is 4. The third-order valence-corrected chi connectivity index (χ3v) is 10.1. The molecule has 0 amide bonds. The molecule has 54 heavy (non-hydrogen) atoms. The molecule has 0 aliphatic carbocycles. The summed E-state index contributed by atoms with van der Waals surface area (Å²) in [6, 6.07) is 67.6. The molecule has 0 radical (unpaired) electrons. The topological polar surface area (TPSA) is 51.6 Å². The van der Waals surface area contributed by atoms with Gasteiger partial charge in [0.2, 0.25) is 0 Å². The summed E-state index contributed by atoms with van der Waals surface area (Å²) in [7, 11) is 0. The van der Waals surface area contributed by atoms with Crippen LogP contribution in [-0.4, -0.2) is 19.9 Å². The van der Waals surface area contributed by atoms with Crippen molar-refractivity contribution in [1.29, 1.82) is 0 Å². The molecule has 10 rings (SSSR count). The van der Waals surface area contributed by atoms with Gasteiger partial charge in [0.1, 0.15) is 0 Å². The van der Waals surface area contributed by atoms with Crippen molar-refractivity contribution in [3.63, 3.8) is 0 Å². The number of rotatable bonds is 6. The zero-order valence-electron chi connectivity index (χ0n) is 29.3. The summed E-state index contributed by atoms with van der Waals surface area (Å²) in [5.74, 6) is 0.940. The van der Waals surface area contributed by atoms with Crippen LogP contribution in [0.4, 0.5) is 0 Å². The molecule has 0 spiro atoms. The highest BCUT2D eigenvalue weighted by Gasteiger charge is 2.17. The third kappa shape index (κ3) is 5.76. The van der Waals surface area contributed by atoms with Crippen LogP contribution in [0.1, 0.15) is 0 Å². The zero-order valence-corrected chi connectivity index (χ0v) is 29.3. The molecule has 2 heterocycles. The summed E-state index contributed by atoms with van der Waals surface area (Å²) < 4.78 is 0. The Morgan fingerprint density at radius 3 is 1.00 bits per heavy atom. The Hall–Kier alpha value is -7.30. The Bertz CT molecular complexity index is 2880. The Labute approximate surface area is 313 Å². The van der Waals surface area contributed by atoms with Gasteiger partial charge < -0.3 is 0 Å². The molecule has 2 aromatic heterocycles. The first-order chi connectivity index (χ1) is 26.7. The summed E-state index contributed by atoms with van der Waals surface area (Å²) in [4.78, 5) is 20.4. The molecular formula is C50H32N4. The maximum Gasteiger partial charge on any atom is 0.198 e. The molecule has 4 heteroatoms. The van der Waals surface area contributed by atoms with Crippen LogP contribution in [0.5, 0.6) is 0 Å². The van der Waals surface area contributed by atoms with E-state index in [-0.39, 0.29) is 0 Å². The van der Waals surface area contributed by atoms with Crippen molar-refractivity contribution in [2.45, 2.75) is 0 Å². The van der Waals surface area contributed by atoms with Gasteiger partial charge >= 0.3 is 0 Å². The number of aromatic nitrogens is 4. The standard InChI is InChI=1S/C50H32N4/c1-4-15-33(16-5-1)45-31-46(34-17-6-2-7-18-34)52-49(51-45)50-53-47(35-19-8-3-9-20-35)32-48(54-50)38-22-14-21-36(29-38)37-27-28-43-41-25-11-10-23-39(41)40-24-12-13-26-42(40)44(43)30-37/h1-32H. The average Bonchev–Trinajstić information content (AvgIpc) is 3.27. The lowest BCUT2D eigenvalue weighted by molar-refractivity contribution is 1.09. The summed E-state index contributed by atoms with van der Waals surface area (Å²) in [6.45, 7) is 0. The Morgan fingerprint density at radius 1 is 0.204 bits per heavy atom. The molecule has 0 aliphatic rings. The maximum atomic E-state index is 5.19. The van der Waals surface area contributed by atoms with Gasteiger partial charge in [-0.15, -0.1) is 0 Å². The highest BCUT2D eigenvalue weighted by Crippen LogP contribution is 2.38. The van der Waals surface area contributed by atoms with Crippen LogP contribution in [0, 0.1) is 0 Å². The summed E-state index contributed by atoms with van der Waals surface area (Å²) >= 11 is 0. The molecule has 0 saturated heterocycles. The van der Waals surface area contributed by atoms with Gasteiger partial charge in [0, 0.05) is 22.3 Å². The van der Waals surface area contributed by atoms with Crippen LogP contribution in [0.3, 0.4) is 0 Å². The predicted molar refractivity (Wildman–Crippen MR) is 223 cm³/mol. The lowest BCUT2D eigenvalue weighted by atomic mass is 9.91. The van der Waals surface area contributed by atoms with E-state index in [0.29, 0.717) is 11.6 Å². The van der Waals surface area contributed by atoms with Gasteiger partial charge in [-0.05, 0) is 67.7 Å². The van der Waals surface area contributed by atoms with Crippen molar-refractivity contribution < 1.29 is 0 Å². The molecule has 0 aliphatic heterocycles. The quantitative estimate of drug-likeness (QED) is 0.163. The second-order valence-corrected chi connectivity index (χ2v) is 13.5. The van der Waals surface area contributed by atoms with Gasteiger partial charge in [0.25, 0.3) is 0 Å². The lowest BCUT2D eigenvalue weighted by Gasteiger charge is -2.13. The Morgan fingerprint density at radius 2 is 0.537 bits per heavy atom. The fourth-order valence-corrected chi connectivity index (χ4v) is 7.46. The molecule has 0 unspecified atom stereocenters. The monoisotopic (exact) mass is 688 g/mol. The summed E-state index contributed by atoms with van der Waals surface area (Å²) in [5, 5.41) is 7.56. The van der Waals surface area contributed by atoms with Crippen molar-refractivity contribution in [3.05, 3.63) is 194 Å². The molecule has 0 saturated carbocycles. The highest BCUT2D eigenvalue weighted by molar-refractivity contribution is 6.25. The Kier molecular flexibility index (Phi) is 7.77. The minimum atomic E-state index is 0.468. The van der Waals surface area contributed by atoms with E-state index in [1.807, 2.05) is 60.7 Å². The number of benzene rings is 8. The second-order valence-electron chi connectivity index (χ2n) is 13.5. The molecular weight excluding hydrogens is 657 g/mol. The smallest absolute Gasteiger partial charge is 0.198 e. The van der Waals surface area contributed by atoms with E-state index >= 15 is 0 Å². The number of hydrogen-bond acceptors (Lipinski definition) is 4. The molecule has 252 valence electrons. The van der Waals surface area contributed by atoms with Crippen molar-refractivity contribution >= 4 is 32.3 Å². The van der Waals surface area contributed by atoms with E-state index in [1.54, 1.807) is 0 Å². The van der Waals surface area contributed by atoms with Gasteiger partial charge in [-0.2, -0.15) is 0 Å². The third-order valence-electron chi connectivity index (χ3n) is 10.1. The van der Waals surface area contributed by atoms with Crippen LogP contribution < -0.4 is 0 Å². The van der Waals surface area contributed by atoms with Crippen LogP contribution in [0.25, 0.3) is 100 Å². The van der Waals surface area contributed by atoms with E-state index in [4.69, 9.17) is 19.9 Å². The average molecular weight is 689 g/mol. The minimum absolute atomic E-state index is 0.468. The summed E-state index contributed by atoms with van der Waals surface area (Å²) in [5.41, 5.74) is 9.47. The SMILES string of the molecule is c1ccc(-c2cc(-c3ccccc3)nc(-c3nc(-c4ccccc4)cc(-c4cccc(-c5ccc6c7ccccc7c7ccccc7c6c5)c4)n3)n2)cc1. The number of hydrogen-bond donors (Lipinski definition) is 0. The van der Waals surface area contributed by atoms with Crippen molar-refractivity contribution in [2.24, 2.45) is 0 Å². The lowest BCUT2D eigenvalue weighted by Crippen LogP contribution is -2.02. The molecule has 0 fully saturated rings. The molecule has 4 nitrogen and oxygen atoms in total. The molecule has 10 aromatic rings. The van der Waals surface area contributed by atoms with Crippen LogP contribution >= 0.6 is 0 Å². The largest absolute Gasteiger partial charge is 0.225 e. The van der Waals surface area contributed by atoms with Crippen LogP contribution in [0.15, 0.2) is 194 Å². The van der Waals surface area contributed by atoms with Crippen molar-refractivity contribution in [2.75, 3.05) is 0 Å². The second kappa shape index (κ2) is 13.4. The van der Waals surface area contributed by atoms with E-state index in [1.165, 1.54) is 32.3 Å². The van der Waals surface area contributed by atoms with Crippen LogP contribution in [0.2, 0.25) is 0 Å². The molecule has 0 atom stereocenters. The molecule has 0 N–H and O–H groups in total. The van der Waals surface area contributed by atoms with Gasteiger partial charge in [0.15, 0.2) is 11.6 Å². The normalized spacial score (nSPS) is 11.3. The van der Waals surface area contributed by atoms with E-state index < -0.39 is 0 Å². The van der Waals surface area contributed by atoms with E-state index in [0.717, 1.165) is 56.2 Å². The van der Waals surface area contributed by atoms with E-state index in [2.05, 4.69) is 133 Å². The first-order valence-corrected chi connectivity index (χ1v) is 18.1. The van der Waals surface area contributed by atoms with Gasteiger partial charge in [-0.25, -0.2) is 19.9 Å². The fraction of sp³-hybridized carbons (Fsp3) is 0. The number of fused-ring (bicyclic) bond motifs is 6. The molecule has 8 aromatic carbocycles. The van der Waals surface area contributed by atoms with Crippen molar-refractivity contribution in [3.8, 4) is 67.8 Å². The highest BCUT2D eigenvalue weighted by atomic mass is 15.0. The summed E-state index contributed by atoms with van der Waals surface area (Å²) in [6.07, 6.45) is 0. The predicted octanol–water partition coefficient (Wildman–Crippen LogP) is 12.7. The van der Waals surface area contributed by atoms with Gasteiger partial charge in [-0.1, -0.05) is 170 Å². The fourth-order valence-electron chi connectivity index (χ4n) is 7.46. The minimum Gasteiger partial charge on any atom is -0.225 e. The zero-order chi connectivity index (χ0) is 35.8. The Balaban J connectivity index is 1.14. The van der Waals surface area contributed by atoms with Crippen molar-refractivity contribution in [1.82, 2.24) is 19.9 Å². The van der Waals surface area contributed by atoms with E-state index in [9.17, 15) is 0 Å². The molecule has 0 bridgehead atoms. The first kappa shape index (κ1) is 31.4. The van der Waals surface area contributed by atoms with Gasteiger partial charge in [0.05, 0.1) is 22.8 Å². The van der Waals surface area contributed by atoms with Gasteiger partial charge in [-0.3, -0.25) is 0 Å².